The normalized spacial score (nSPS) is 12.0. The third kappa shape index (κ3) is 5.28. The zero-order valence-corrected chi connectivity index (χ0v) is 21.5. The Balaban J connectivity index is 0.00000167. The minimum atomic E-state index is 0.215. The van der Waals surface area contributed by atoms with Gasteiger partial charge in [0.2, 0.25) is 0 Å². The number of benzene rings is 4. The van der Waals surface area contributed by atoms with Crippen LogP contribution in [0.4, 0.5) is 0 Å². The van der Waals surface area contributed by atoms with Gasteiger partial charge >= 0.3 is 0 Å². The Bertz CT molecular complexity index is 1430. The smallest absolute Gasteiger partial charge is 0.0263 e. The molecule has 0 aliphatic heterocycles. The van der Waals surface area contributed by atoms with Crippen LogP contribution in [0.1, 0.15) is 57.7 Å². The molecular formula is C34H35N. The highest BCUT2D eigenvalue weighted by Gasteiger charge is 2.20. The SMILES string of the molecule is C#C.C/C=C(/C)c1c(/C=C\CC(C)(C)C)c(C=N)c(-c2cccc3ccccc23)c2ccccc12. The number of fused-ring (bicyclic) bond motifs is 2. The molecule has 1 N–H and O–H groups in total. The zero-order chi connectivity index (χ0) is 25.6. The van der Waals surface area contributed by atoms with Gasteiger partial charge in [-0.3, -0.25) is 0 Å². The fourth-order valence-corrected chi connectivity index (χ4v) is 4.63. The number of nitrogens with one attached hydrogen (secondary N) is 1. The second-order valence-electron chi connectivity index (χ2n) is 9.93. The average molecular weight is 458 g/mol. The Morgan fingerprint density at radius 2 is 1.43 bits per heavy atom. The summed E-state index contributed by atoms with van der Waals surface area (Å²) >= 11 is 0. The van der Waals surface area contributed by atoms with Crippen molar-refractivity contribution in [1.82, 2.24) is 0 Å². The number of allylic oxidation sites excluding steroid dienone is 3. The molecule has 4 aromatic carbocycles. The van der Waals surface area contributed by atoms with Crippen LogP contribution in [0.5, 0.6) is 0 Å². The molecule has 0 fully saturated rings. The zero-order valence-electron chi connectivity index (χ0n) is 21.5. The van der Waals surface area contributed by atoms with Crippen molar-refractivity contribution in [2.45, 2.75) is 41.0 Å². The second-order valence-corrected chi connectivity index (χ2v) is 9.93. The number of hydrogen-bond donors (Lipinski definition) is 1. The third-order valence-electron chi connectivity index (χ3n) is 6.34. The van der Waals surface area contributed by atoms with Gasteiger partial charge in [-0.05, 0) is 75.1 Å². The molecular weight excluding hydrogens is 422 g/mol. The minimum absolute atomic E-state index is 0.215. The first kappa shape index (κ1) is 25.7. The molecule has 0 radical (unpaired) electrons. The molecule has 35 heavy (non-hydrogen) atoms. The predicted octanol–water partition coefficient (Wildman–Crippen LogP) is 9.78. The van der Waals surface area contributed by atoms with Gasteiger partial charge in [-0.2, -0.15) is 0 Å². The van der Waals surface area contributed by atoms with Crippen LogP contribution in [0.2, 0.25) is 0 Å². The fourth-order valence-electron chi connectivity index (χ4n) is 4.63. The summed E-state index contributed by atoms with van der Waals surface area (Å²) in [4.78, 5) is 0. The lowest BCUT2D eigenvalue weighted by Crippen LogP contribution is -2.03. The molecule has 0 aliphatic carbocycles. The van der Waals surface area contributed by atoms with Crippen LogP contribution in [0, 0.1) is 23.7 Å². The van der Waals surface area contributed by atoms with E-state index in [1.807, 2.05) is 0 Å². The fraction of sp³-hybridized carbons (Fsp3) is 0.206. The van der Waals surface area contributed by atoms with Crippen LogP contribution < -0.4 is 0 Å². The van der Waals surface area contributed by atoms with Crippen molar-refractivity contribution in [2.24, 2.45) is 5.41 Å². The quantitative estimate of drug-likeness (QED) is 0.228. The van der Waals surface area contributed by atoms with Crippen LogP contribution in [0.25, 0.3) is 44.3 Å². The molecule has 1 nitrogen and oxygen atoms in total. The van der Waals surface area contributed by atoms with Crippen molar-refractivity contribution >= 4 is 39.4 Å². The molecule has 0 spiro atoms. The van der Waals surface area contributed by atoms with Gasteiger partial charge in [0.05, 0.1) is 0 Å². The van der Waals surface area contributed by atoms with E-state index in [0.29, 0.717) is 0 Å². The molecule has 1 heteroatoms. The van der Waals surface area contributed by atoms with Crippen molar-refractivity contribution in [3.05, 3.63) is 95.6 Å². The van der Waals surface area contributed by atoms with E-state index in [9.17, 15) is 0 Å². The highest BCUT2D eigenvalue weighted by Crippen LogP contribution is 2.42. The molecule has 0 bridgehead atoms. The summed E-state index contributed by atoms with van der Waals surface area (Å²) in [6, 6.07) is 23.7. The molecule has 0 unspecified atom stereocenters. The Kier molecular flexibility index (Phi) is 8.10. The van der Waals surface area contributed by atoms with Crippen molar-refractivity contribution < 1.29 is 0 Å². The summed E-state index contributed by atoms with van der Waals surface area (Å²) in [5.41, 5.74) is 7.10. The van der Waals surface area contributed by atoms with Crippen molar-refractivity contribution in [1.29, 1.82) is 5.41 Å². The lowest BCUT2D eigenvalue weighted by Gasteiger charge is -2.21. The first-order chi connectivity index (χ1) is 16.9. The van der Waals surface area contributed by atoms with Gasteiger partial charge in [-0.25, -0.2) is 0 Å². The molecule has 0 atom stereocenters. The Labute approximate surface area is 210 Å². The summed E-state index contributed by atoms with van der Waals surface area (Å²) in [5, 5.41) is 13.4. The average Bonchev–Trinajstić information content (AvgIpc) is 2.87. The summed E-state index contributed by atoms with van der Waals surface area (Å²) in [7, 11) is 0. The van der Waals surface area contributed by atoms with Gasteiger partial charge in [-0.1, -0.05) is 106 Å². The molecule has 0 heterocycles. The Hall–Kier alpha value is -3.89. The number of hydrogen-bond acceptors (Lipinski definition) is 1. The lowest BCUT2D eigenvalue weighted by atomic mass is 9.82. The summed E-state index contributed by atoms with van der Waals surface area (Å²) in [5.74, 6) is 0. The van der Waals surface area contributed by atoms with Gasteiger partial charge in [0.25, 0.3) is 0 Å². The van der Waals surface area contributed by atoms with Gasteiger partial charge in [0, 0.05) is 11.8 Å². The predicted molar refractivity (Wildman–Crippen MR) is 157 cm³/mol. The number of terminal acetylenes is 1. The molecule has 4 aromatic rings. The van der Waals surface area contributed by atoms with E-state index in [1.54, 1.807) is 6.21 Å². The molecule has 0 aromatic heterocycles. The Morgan fingerprint density at radius 1 is 0.829 bits per heavy atom. The summed E-state index contributed by atoms with van der Waals surface area (Å²) in [6.07, 6.45) is 17.2. The van der Waals surface area contributed by atoms with Crippen molar-refractivity contribution in [3.63, 3.8) is 0 Å². The first-order valence-electron chi connectivity index (χ1n) is 12.1. The Morgan fingerprint density at radius 3 is 2.06 bits per heavy atom. The summed E-state index contributed by atoms with van der Waals surface area (Å²) in [6.45, 7) is 11.0. The maximum atomic E-state index is 8.53. The van der Waals surface area contributed by atoms with E-state index in [-0.39, 0.29) is 5.41 Å². The van der Waals surface area contributed by atoms with Crippen molar-refractivity contribution in [2.75, 3.05) is 0 Å². The highest BCUT2D eigenvalue weighted by molar-refractivity contribution is 6.15. The van der Waals surface area contributed by atoms with Crippen molar-refractivity contribution in [3.8, 4) is 24.0 Å². The number of rotatable bonds is 5. The van der Waals surface area contributed by atoms with E-state index < -0.39 is 0 Å². The maximum absolute atomic E-state index is 8.53. The van der Waals surface area contributed by atoms with E-state index in [4.69, 9.17) is 5.41 Å². The van der Waals surface area contributed by atoms with E-state index in [1.165, 1.54) is 38.2 Å². The highest BCUT2D eigenvalue weighted by atomic mass is 14.3. The van der Waals surface area contributed by atoms with Gasteiger partial charge in [0.1, 0.15) is 0 Å². The monoisotopic (exact) mass is 457 g/mol. The minimum Gasteiger partial charge on any atom is -0.308 e. The molecule has 0 aliphatic rings. The molecule has 0 saturated heterocycles. The third-order valence-corrected chi connectivity index (χ3v) is 6.34. The molecule has 0 amide bonds. The first-order valence-corrected chi connectivity index (χ1v) is 12.1. The largest absolute Gasteiger partial charge is 0.308 e. The van der Waals surface area contributed by atoms with Crippen LogP contribution in [-0.2, 0) is 0 Å². The van der Waals surface area contributed by atoms with Crippen LogP contribution >= 0.6 is 0 Å². The molecule has 176 valence electrons. The topological polar surface area (TPSA) is 23.9 Å². The van der Waals surface area contributed by atoms with Gasteiger partial charge in [0.15, 0.2) is 0 Å². The molecule has 4 rings (SSSR count). The lowest BCUT2D eigenvalue weighted by molar-refractivity contribution is 0.421. The van der Waals surface area contributed by atoms with Gasteiger partial charge < -0.3 is 5.41 Å². The van der Waals surface area contributed by atoms with Crippen LogP contribution in [-0.4, -0.2) is 6.21 Å². The summed E-state index contributed by atoms with van der Waals surface area (Å²) < 4.78 is 0. The second kappa shape index (κ2) is 11.0. The maximum Gasteiger partial charge on any atom is 0.0263 e. The standard InChI is InChI=1S/C32H33N.C2H2/c1-6-22(2)30-26-16-9-10-17-27(26)31(25-18-11-14-23-13-7-8-15-24(23)25)29(21-33)28(30)19-12-20-32(3,4)5;1-2/h6-19,21,33H,20H2,1-5H3;1-2H/b19-12-,22-6-,33-21?;. The molecule has 0 saturated carbocycles. The van der Waals surface area contributed by atoms with Gasteiger partial charge in [-0.15, -0.1) is 12.8 Å². The van der Waals surface area contributed by atoms with E-state index in [0.717, 1.165) is 23.1 Å². The van der Waals surface area contributed by atoms with Crippen LogP contribution in [0.3, 0.4) is 0 Å². The van der Waals surface area contributed by atoms with E-state index >= 15 is 0 Å². The van der Waals surface area contributed by atoms with E-state index in [2.05, 4.69) is 132 Å². The van der Waals surface area contributed by atoms with Crippen LogP contribution in [0.15, 0.2) is 78.9 Å².